The van der Waals surface area contributed by atoms with E-state index in [1.165, 1.54) is 38.6 Å². The number of hydrogen-bond donors (Lipinski definition) is 0. The number of hydrogen-bond acceptors (Lipinski definition) is 4. The van der Waals surface area contributed by atoms with Crippen LogP contribution in [0.4, 0.5) is 0 Å². The smallest absolute Gasteiger partial charge is 0.171 e. The van der Waals surface area contributed by atoms with E-state index in [4.69, 9.17) is 0 Å². The molecule has 5 heteroatoms. The Morgan fingerprint density at radius 3 is 2.88 bits per heavy atom. The van der Waals surface area contributed by atoms with E-state index in [0.717, 1.165) is 18.9 Å². The molecule has 0 bridgehead atoms. The summed E-state index contributed by atoms with van der Waals surface area (Å²) in [6.45, 7) is 2.10. The lowest BCUT2D eigenvalue weighted by molar-refractivity contribution is 0.103. The molecule has 2 aliphatic rings. The van der Waals surface area contributed by atoms with Crippen molar-refractivity contribution in [2.45, 2.75) is 50.7 Å². The van der Waals surface area contributed by atoms with Crippen molar-refractivity contribution in [1.29, 1.82) is 0 Å². The summed E-state index contributed by atoms with van der Waals surface area (Å²) < 4.78 is 1.81. The maximum Gasteiger partial charge on any atom is 0.171 e. The van der Waals surface area contributed by atoms with Crippen molar-refractivity contribution < 1.29 is 4.79 Å². The third-order valence-corrected chi connectivity index (χ3v) is 4.04. The molecule has 1 aliphatic heterocycles. The van der Waals surface area contributed by atoms with Gasteiger partial charge in [0.15, 0.2) is 6.29 Å². The lowest BCUT2D eigenvalue weighted by Crippen LogP contribution is -2.44. The fourth-order valence-corrected chi connectivity index (χ4v) is 2.93. The molecule has 2 fully saturated rings. The van der Waals surface area contributed by atoms with Gasteiger partial charge in [-0.3, -0.25) is 14.4 Å². The molecule has 3 rings (SSSR count). The van der Waals surface area contributed by atoms with Crippen LogP contribution in [0.2, 0.25) is 0 Å². The molecule has 0 radical (unpaired) electrons. The van der Waals surface area contributed by atoms with Crippen molar-refractivity contribution in [3.8, 4) is 0 Å². The van der Waals surface area contributed by atoms with Gasteiger partial charge in [-0.1, -0.05) is 11.6 Å². The van der Waals surface area contributed by atoms with Crippen LogP contribution in [0.15, 0.2) is 6.20 Å². The van der Waals surface area contributed by atoms with Gasteiger partial charge in [0.25, 0.3) is 0 Å². The first-order valence-electron chi connectivity index (χ1n) is 6.48. The Morgan fingerprint density at radius 2 is 2.24 bits per heavy atom. The largest absolute Gasteiger partial charge is 0.296 e. The zero-order valence-corrected chi connectivity index (χ0v) is 9.96. The van der Waals surface area contributed by atoms with E-state index >= 15 is 0 Å². The Labute approximate surface area is 101 Å². The Kier molecular flexibility index (Phi) is 2.93. The zero-order valence-electron chi connectivity index (χ0n) is 9.96. The van der Waals surface area contributed by atoms with E-state index in [-0.39, 0.29) is 0 Å². The Morgan fingerprint density at radius 1 is 1.35 bits per heavy atom. The van der Waals surface area contributed by atoms with Crippen LogP contribution in [0, 0.1) is 0 Å². The van der Waals surface area contributed by atoms with Crippen molar-refractivity contribution in [3.05, 3.63) is 11.9 Å². The number of carbonyl (C=O) groups excluding carboxylic acids is 1. The predicted octanol–water partition coefficient (Wildman–Crippen LogP) is 1.11. The molecule has 1 atom stereocenters. The molecule has 0 aromatic carbocycles. The van der Waals surface area contributed by atoms with Crippen molar-refractivity contribution in [2.75, 3.05) is 6.54 Å². The fourth-order valence-electron chi connectivity index (χ4n) is 2.93. The van der Waals surface area contributed by atoms with E-state index in [9.17, 15) is 4.79 Å². The topological polar surface area (TPSA) is 51.0 Å². The molecule has 0 N–H and O–H groups in total. The average molecular weight is 234 g/mol. The molecule has 92 valence electrons. The lowest BCUT2D eigenvalue weighted by Gasteiger charge is -2.38. The fraction of sp³-hybridized carbons (Fsp3) is 0.750. The second-order valence-electron chi connectivity index (χ2n) is 5.10. The molecule has 1 aromatic rings. The minimum atomic E-state index is 0.429. The standard InChI is InChI=1S/C12H18N4O/c17-9-10-7-15(14-13-10)8-12-5-2-6-16(12)11-3-1-4-11/h7,9,11-12H,1-6,8H2. The van der Waals surface area contributed by atoms with Crippen LogP contribution in [0.1, 0.15) is 42.6 Å². The van der Waals surface area contributed by atoms with Gasteiger partial charge < -0.3 is 0 Å². The highest BCUT2D eigenvalue weighted by Crippen LogP contribution is 2.31. The molecule has 5 nitrogen and oxygen atoms in total. The van der Waals surface area contributed by atoms with Crippen molar-refractivity contribution in [1.82, 2.24) is 19.9 Å². The van der Waals surface area contributed by atoms with Gasteiger partial charge in [-0.2, -0.15) is 0 Å². The van der Waals surface area contributed by atoms with E-state index in [2.05, 4.69) is 15.2 Å². The summed E-state index contributed by atoms with van der Waals surface area (Å²) in [7, 11) is 0. The molecular weight excluding hydrogens is 216 g/mol. The summed E-state index contributed by atoms with van der Waals surface area (Å²) in [6, 6.07) is 1.39. The Balaban J connectivity index is 1.64. The summed E-state index contributed by atoms with van der Waals surface area (Å²) in [6.07, 6.45) is 9.11. The number of carbonyl (C=O) groups is 1. The maximum absolute atomic E-state index is 10.6. The minimum absolute atomic E-state index is 0.429. The van der Waals surface area contributed by atoms with E-state index in [0.29, 0.717) is 11.7 Å². The molecule has 1 unspecified atom stereocenters. The predicted molar refractivity (Wildman–Crippen MR) is 62.8 cm³/mol. The van der Waals surface area contributed by atoms with Gasteiger partial charge >= 0.3 is 0 Å². The first-order valence-corrected chi connectivity index (χ1v) is 6.48. The minimum Gasteiger partial charge on any atom is -0.296 e. The lowest BCUT2D eigenvalue weighted by atomic mass is 9.91. The van der Waals surface area contributed by atoms with Crippen LogP contribution in [0.5, 0.6) is 0 Å². The van der Waals surface area contributed by atoms with Crippen LogP contribution in [0.25, 0.3) is 0 Å². The summed E-state index contributed by atoms with van der Waals surface area (Å²) >= 11 is 0. The average Bonchev–Trinajstić information content (AvgIpc) is 2.87. The highest BCUT2D eigenvalue weighted by atomic mass is 16.1. The molecule has 1 saturated carbocycles. The molecule has 0 spiro atoms. The van der Waals surface area contributed by atoms with Crippen molar-refractivity contribution >= 4 is 6.29 Å². The second kappa shape index (κ2) is 4.56. The van der Waals surface area contributed by atoms with Crippen LogP contribution in [-0.4, -0.2) is 44.8 Å². The van der Waals surface area contributed by atoms with Crippen LogP contribution in [-0.2, 0) is 6.54 Å². The Bertz CT molecular complexity index is 399. The Hall–Kier alpha value is -1.23. The number of likely N-dealkylation sites (tertiary alicyclic amines) is 1. The molecule has 1 aromatic heterocycles. The first kappa shape index (κ1) is 10.9. The van der Waals surface area contributed by atoms with Crippen molar-refractivity contribution in [3.63, 3.8) is 0 Å². The molecule has 0 amide bonds. The first-order chi connectivity index (χ1) is 8.36. The maximum atomic E-state index is 10.6. The van der Waals surface area contributed by atoms with Crippen molar-refractivity contribution in [2.24, 2.45) is 0 Å². The highest BCUT2D eigenvalue weighted by molar-refractivity contribution is 5.70. The van der Waals surface area contributed by atoms with Gasteiger partial charge in [0.05, 0.1) is 12.7 Å². The zero-order chi connectivity index (χ0) is 11.7. The van der Waals surface area contributed by atoms with Gasteiger partial charge in [0, 0.05) is 12.1 Å². The van der Waals surface area contributed by atoms with Gasteiger partial charge in [-0.15, -0.1) is 5.10 Å². The number of aldehydes is 1. The quantitative estimate of drug-likeness (QED) is 0.732. The van der Waals surface area contributed by atoms with E-state index in [1.54, 1.807) is 6.20 Å². The van der Waals surface area contributed by atoms with Gasteiger partial charge in [-0.25, -0.2) is 0 Å². The van der Waals surface area contributed by atoms with Crippen LogP contribution >= 0.6 is 0 Å². The normalized spacial score (nSPS) is 26.0. The summed E-state index contributed by atoms with van der Waals surface area (Å²) in [5, 5.41) is 7.80. The number of nitrogens with zero attached hydrogens (tertiary/aromatic N) is 4. The number of rotatable bonds is 4. The van der Waals surface area contributed by atoms with Gasteiger partial charge in [0.2, 0.25) is 0 Å². The monoisotopic (exact) mass is 234 g/mol. The molecule has 1 aliphatic carbocycles. The third-order valence-electron chi connectivity index (χ3n) is 4.04. The SMILES string of the molecule is O=Cc1cn(CC2CCCN2C2CCC2)nn1. The molecule has 2 heterocycles. The molecule has 17 heavy (non-hydrogen) atoms. The number of aromatic nitrogens is 3. The second-order valence-corrected chi connectivity index (χ2v) is 5.10. The molecule has 1 saturated heterocycles. The van der Waals surface area contributed by atoms with Crippen LogP contribution in [0.3, 0.4) is 0 Å². The summed E-state index contributed by atoms with van der Waals surface area (Å²) in [5.74, 6) is 0. The highest BCUT2D eigenvalue weighted by Gasteiger charge is 2.33. The van der Waals surface area contributed by atoms with E-state index < -0.39 is 0 Å². The summed E-state index contributed by atoms with van der Waals surface area (Å²) in [4.78, 5) is 13.2. The van der Waals surface area contributed by atoms with Gasteiger partial charge in [0.1, 0.15) is 5.69 Å². The van der Waals surface area contributed by atoms with Gasteiger partial charge in [-0.05, 0) is 32.2 Å². The molecular formula is C12H18N4O. The van der Waals surface area contributed by atoms with E-state index in [1.807, 2.05) is 4.68 Å². The van der Waals surface area contributed by atoms with Crippen LogP contribution < -0.4 is 0 Å². The third kappa shape index (κ3) is 2.11. The summed E-state index contributed by atoms with van der Waals surface area (Å²) in [5.41, 5.74) is 0.429.